The molecule has 0 aromatic heterocycles. The van der Waals surface area contributed by atoms with Crippen LogP contribution in [-0.2, 0) is 11.7 Å². The average Bonchev–Trinajstić information content (AvgIpc) is 2.00. The Balaban J connectivity index is 0.00000225. The number of halogens is 5. The molecule has 1 nitrogen and oxygen atoms in total. The van der Waals surface area contributed by atoms with Crippen LogP contribution in [0.5, 0.6) is 0 Å². The highest BCUT2D eigenvalue weighted by atomic mass is 35.5. The molecule has 1 aromatic rings. The van der Waals surface area contributed by atoms with Gasteiger partial charge in [-0.05, 0) is 32.0 Å². The van der Waals surface area contributed by atoms with Crippen LogP contribution in [0.1, 0.15) is 25.0 Å². The van der Waals surface area contributed by atoms with Gasteiger partial charge < -0.3 is 5.73 Å². The minimum Gasteiger partial charge on any atom is -0.322 e. The number of alkyl halides is 3. The molecule has 0 atom stereocenters. The summed E-state index contributed by atoms with van der Waals surface area (Å²) in [7, 11) is 0. The summed E-state index contributed by atoms with van der Waals surface area (Å²) in [5.74, 6) is -0.726. The minimum atomic E-state index is -4.48. The second-order valence-corrected chi connectivity index (χ2v) is 3.91. The third-order valence-electron chi connectivity index (χ3n) is 1.99. The molecule has 0 spiro atoms. The summed E-state index contributed by atoms with van der Waals surface area (Å²) in [5, 5.41) is 0. The van der Waals surface area contributed by atoms with Crippen LogP contribution < -0.4 is 5.73 Å². The van der Waals surface area contributed by atoms with Crippen molar-refractivity contribution in [2.75, 3.05) is 0 Å². The summed E-state index contributed by atoms with van der Waals surface area (Å²) in [6.45, 7) is 2.90. The van der Waals surface area contributed by atoms with E-state index in [1.54, 1.807) is 0 Å². The highest BCUT2D eigenvalue weighted by molar-refractivity contribution is 5.85. The molecule has 92 valence electrons. The van der Waals surface area contributed by atoms with Crippen LogP contribution in [0, 0.1) is 5.82 Å². The highest BCUT2D eigenvalue weighted by Gasteiger charge is 2.32. The van der Waals surface area contributed by atoms with Gasteiger partial charge in [-0.2, -0.15) is 13.2 Å². The maximum atomic E-state index is 13.2. The first kappa shape index (κ1) is 15.2. The van der Waals surface area contributed by atoms with Crippen LogP contribution in [0.3, 0.4) is 0 Å². The fraction of sp³-hybridized carbons (Fsp3) is 0.400. The largest absolute Gasteiger partial charge is 0.416 e. The second-order valence-electron chi connectivity index (χ2n) is 3.91. The van der Waals surface area contributed by atoms with Crippen molar-refractivity contribution in [3.8, 4) is 0 Å². The third-order valence-corrected chi connectivity index (χ3v) is 1.99. The lowest BCUT2D eigenvalue weighted by Gasteiger charge is -2.21. The molecule has 0 bridgehead atoms. The van der Waals surface area contributed by atoms with Crippen molar-refractivity contribution in [1.29, 1.82) is 0 Å². The molecule has 16 heavy (non-hydrogen) atoms. The Bertz CT molecular complexity index is 368. The molecule has 0 fully saturated rings. The van der Waals surface area contributed by atoms with Crippen molar-refractivity contribution in [2.24, 2.45) is 5.73 Å². The molecular weight excluding hydrogens is 246 g/mol. The van der Waals surface area contributed by atoms with Crippen LogP contribution in [-0.4, -0.2) is 0 Å². The minimum absolute atomic E-state index is 0. The maximum Gasteiger partial charge on any atom is 0.416 e. The molecule has 0 amide bonds. The smallest absolute Gasteiger partial charge is 0.322 e. The Morgan fingerprint density at radius 1 is 1.12 bits per heavy atom. The Morgan fingerprint density at radius 2 is 1.62 bits per heavy atom. The van der Waals surface area contributed by atoms with Gasteiger partial charge in [0.15, 0.2) is 0 Å². The average molecular weight is 258 g/mol. The van der Waals surface area contributed by atoms with Crippen LogP contribution in [0.15, 0.2) is 18.2 Å². The molecule has 0 heterocycles. The summed E-state index contributed by atoms with van der Waals surface area (Å²) in [5.41, 5.74) is 3.40. The quantitative estimate of drug-likeness (QED) is 0.766. The molecule has 1 rings (SSSR count). The molecule has 0 aliphatic rings. The van der Waals surface area contributed by atoms with Crippen LogP contribution in [0.2, 0.25) is 0 Å². The number of hydrogen-bond donors (Lipinski definition) is 1. The predicted octanol–water partition coefficient (Wildman–Crippen LogP) is 3.46. The molecule has 0 saturated carbocycles. The van der Waals surface area contributed by atoms with Crippen molar-refractivity contribution >= 4 is 12.4 Å². The molecule has 6 heteroatoms. The van der Waals surface area contributed by atoms with Gasteiger partial charge in [0.05, 0.1) is 5.56 Å². The van der Waals surface area contributed by atoms with Crippen molar-refractivity contribution < 1.29 is 17.6 Å². The van der Waals surface area contributed by atoms with E-state index in [1.165, 1.54) is 13.8 Å². The van der Waals surface area contributed by atoms with E-state index in [4.69, 9.17) is 5.73 Å². The maximum absolute atomic E-state index is 13.2. The van der Waals surface area contributed by atoms with Crippen molar-refractivity contribution in [3.05, 3.63) is 35.1 Å². The monoisotopic (exact) mass is 257 g/mol. The van der Waals surface area contributed by atoms with E-state index in [2.05, 4.69) is 0 Å². The Labute approximate surface area is 97.0 Å². The van der Waals surface area contributed by atoms with Gasteiger partial charge in [0.1, 0.15) is 5.82 Å². The zero-order valence-corrected chi connectivity index (χ0v) is 9.55. The molecule has 2 N–H and O–H groups in total. The van der Waals surface area contributed by atoms with E-state index in [0.717, 1.165) is 12.1 Å². The van der Waals surface area contributed by atoms with Gasteiger partial charge in [0, 0.05) is 11.1 Å². The molecular formula is C10H12ClF4N. The first-order valence-electron chi connectivity index (χ1n) is 4.28. The normalized spacial score (nSPS) is 12.2. The van der Waals surface area contributed by atoms with E-state index in [9.17, 15) is 17.6 Å². The lowest BCUT2D eigenvalue weighted by atomic mass is 9.93. The number of hydrogen-bond acceptors (Lipinski definition) is 1. The van der Waals surface area contributed by atoms with Gasteiger partial charge in [-0.1, -0.05) is 0 Å². The van der Waals surface area contributed by atoms with Crippen molar-refractivity contribution in [2.45, 2.75) is 25.6 Å². The van der Waals surface area contributed by atoms with Gasteiger partial charge in [-0.3, -0.25) is 0 Å². The number of nitrogens with two attached hydrogens (primary N) is 1. The molecule has 1 aromatic carbocycles. The predicted molar refractivity (Wildman–Crippen MR) is 55.9 cm³/mol. The lowest BCUT2D eigenvalue weighted by molar-refractivity contribution is -0.137. The van der Waals surface area contributed by atoms with Gasteiger partial charge >= 0.3 is 6.18 Å². The first-order chi connectivity index (χ1) is 6.62. The van der Waals surface area contributed by atoms with Gasteiger partial charge in [0.2, 0.25) is 0 Å². The fourth-order valence-corrected chi connectivity index (χ4v) is 1.20. The number of rotatable bonds is 1. The summed E-state index contributed by atoms with van der Waals surface area (Å²) >= 11 is 0. The molecule has 0 aliphatic heterocycles. The summed E-state index contributed by atoms with van der Waals surface area (Å²) < 4.78 is 50.2. The van der Waals surface area contributed by atoms with Crippen LogP contribution in [0.4, 0.5) is 17.6 Å². The Morgan fingerprint density at radius 3 is 2.00 bits per heavy atom. The van der Waals surface area contributed by atoms with E-state index >= 15 is 0 Å². The van der Waals surface area contributed by atoms with Crippen molar-refractivity contribution in [1.82, 2.24) is 0 Å². The fourth-order valence-electron chi connectivity index (χ4n) is 1.20. The van der Waals surface area contributed by atoms with Crippen molar-refractivity contribution in [3.63, 3.8) is 0 Å². The van der Waals surface area contributed by atoms with E-state index in [1.807, 2.05) is 0 Å². The second kappa shape index (κ2) is 4.59. The van der Waals surface area contributed by atoms with E-state index in [-0.39, 0.29) is 18.0 Å². The van der Waals surface area contributed by atoms with Gasteiger partial charge in [-0.15, -0.1) is 12.4 Å². The van der Waals surface area contributed by atoms with E-state index < -0.39 is 23.1 Å². The van der Waals surface area contributed by atoms with E-state index in [0.29, 0.717) is 6.07 Å². The number of benzene rings is 1. The van der Waals surface area contributed by atoms with Gasteiger partial charge in [0.25, 0.3) is 0 Å². The summed E-state index contributed by atoms with van der Waals surface area (Å²) in [4.78, 5) is 0. The van der Waals surface area contributed by atoms with Gasteiger partial charge in [-0.25, -0.2) is 4.39 Å². The first-order valence-corrected chi connectivity index (χ1v) is 4.28. The SMILES string of the molecule is CC(C)(N)c1cc(C(F)(F)F)ccc1F.Cl. The summed E-state index contributed by atoms with van der Waals surface area (Å²) in [6, 6.07) is 2.23. The van der Waals surface area contributed by atoms with Crippen LogP contribution in [0.25, 0.3) is 0 Å². The zero-order chi connectivity index (χ0) is 11.9. The standard InChI is InChI=1S/C10H11F4N.ClH/c1-9(2,15)7-5-6(10(12,13)14)3-4-8(7)11;/h3-5H,15H2,1-2H3;1H. The van der Waals surface area contributed by atoms with Crippen LogP contribution >= 0.6 is 12.4 Å². The Kier molecular flexibility index (Phi) is 4.36. The molecule has 0 aliphatic carbocycles. The Hall–Kier alpha value is -0.810. The zero-order valence-electron chi connectivity index (χ0n) is 8.73. The lowest BCUT2D eigenvalue weighted by Crippen LogP contribution is -2.30. The highest BCUT2D eigenvalue weighted by Crippen LogP contribution is 2.32. The topological polar surface area (TPSA) is 26.0 Å². The molecule has 0 saturated heterocycles. The third kappa shape index (κ3) is 3.35. The summed E-state index contributed by atoms with van der Waals surface area (Å²) in [6.07, 6.45) is -4.48. The molecule has 0 radical (unpaired) electrons. The molecule has 0 unspecified atom stereocenters.